The molecule has 1 saturated heterocycles. The molecule has 6 rings (SSSR count). The maximum atomic E-state index is 14.1. The second-order valence-corrected chi connectivity index (χ2v) is 14.2. The van der Waals surface area contributed by atoms with Crippen LogP contribution in [-0.4, -0.2) is 66.8 Å². The first-order valence-corrected chi connectivity index (χ1v) is 17.2. The molecule has 2 aliphatic rings. The first-order chi connectivity index (χ1) is 22.1. The third-order valence-electron chi connectivity index (χ3n) is 8.98. The number of quaternary nitrogens is 1. The van der Waals surface area contributed by atoms with Crippen molar-refractivity contribution in [1.82, 2.24) is 24.6 Å². The second-order valence-electron chi connectivity index (χ2n) is 12.4. The van der Waals surface area contributed by atoms with Gasteiger partial charge in [0.25, 0.3) is 0 Å². The number of hydrogen-bond acceptors (Lipinski definition) is 7. The Morgan fingerprint density at radius 3 is 2.59 bits per heavy atom. The zero-order valence-corrected chi connectivity index (χ0v) is 26.8. The van der Waals surface area contributed by atoms with Crippen molar-refractivity contribution >= 4 is 32.4 Å². The standard InChI is InChI=1S/C34H40FN7O3S/c1-22-28(3-2-14-38-22)24-6-9-27(10-7-24)46(44,45)39-15-18-41-16-12-23(13-17-41)20-42(37)21-30(36)32-29-19-26(35)8-11-31(29)40-33(32)34(43)25-4-5-25/h2-3,6-11,14,19,21,23,25,39-40H,4-5,12-13,15-18,20,36-37H2,1H3/p+1/b30-21-. The first-order valence-electron chi connectivity index (χ1n) is 15.7. The Hall–Kier alpha value is -3.94. The van der Waals surface area contributed by atoms with E-state index in [0.29, 0.717) is 53.4 Å². The fourth-order valence-corrected chi connectivity index (χ4v) is 7.29. The molecule has 7 N–H and O–H groups in total. The number of H-pyrrole nitrogens is 1. The molecule has 0 amide bonds. The van der Waals surface area contributed by atoms with E-state index in [9.17, 15) is 17.6 Å². The number of halogens is 1. The van der Waals surface area contributed by atoms with Gasteiger partial charge in [0.05, 0.1) is 22.4 Å². The summed E-state index contributed by atoms with van der Waals surface area (Å²) >= 11 is 0. The van der Waals surface area contributed by atoms with E-state index >= 15 is 0 Å². The maximum absolute atomic E-state index is 14.1. The molecule has 0 bridgehead atoms. The maximum Gasteiger partial charge on any atom is 0.240 e. The van der Waals surface area contributed by atoms with Gasteiger partial charge in [-0.1, -0.05) is 18.2 Å². The van der Waals surface area contributed by atoms with Crippen LogP contribution in [0.1, 0.15) is 47.4 Å². The third-order valence-corrected chi connectivity index (χ3v) is 10.5. The highest BCUT2D eigenvalue weighted by atomic mass is 32.2. The molecule has 1 aliphatic heterocycles. The number of nitrogens with one attached hydrogen (secondary N) is 2. The van der Waals surface area contributed by atoms with E-state index in [1.54, 1.807) is 35.6 Å². The Balaban J connectivity index is 0.997. The summed E-state index contributed by atoms with van der Waals surface area (Å²) in [5.74, 6) is 6.42. The van der Waals surface area contributed by atoms with Crippen LogP contribution in [0.25, 0.3) is 27.7 Å². The van der Waals surface area contributed by atoms with E-state index in [1.165, 1.54) is 12.1 Å². The van der Waals surface area contributed by atoms with Crippen LogP contribution in [0.5, 0.6) is 0 Å². The minimum absolute atomic E-state index is 0.00717. The lowest BCUT2D eigenvalue weighted by atomic mass is 9.96. The molecular weight excluding hydrogens is 605 g/mol. The number of Topliss-reactive ketones (excluding diaryl/α,β-unsaturated/α-hetero) is 1. The number of likely N-dealkylation sites (tertiary alicyclic amines) is 1. The molecule has 0 radical (unpaired) electrons. The van der Waals surface area contributed by atoms with E-state index in [0.717, 1.165) is 55.6 Å². The molecule has 46 heavy (non-hydrogen) atoms. The molecule has 2 fully saturated rings. The largest absolute Gasteiger partial charge is 0.351 e. The molecular formula is C34H41FN7O3S+. The lowest BCUT2D eigenvalue weighted by Gasteiger charge is -2.33. The van der Waals surface area contributed by atoms with Gasteiger partial charge in [0, 0.05) is 53.9 Å². The van der Waals surface area contributed by atoms with Gasteiger partial charge in [-0.25, -0.2) is 23.4 Å². The van der Waals surface area contributed by atoms with Crippen molar-refractivity contribution in [2.24, 2.45) is 17.7 Å². The van der Waals surface area contributed by atoms with Gasteiger partial charge < -0.3 is 20.6 Å². The second kappa shape index (κ2) is 13.4. The van der Waals surface area contributed by atoms with Crippen molar-refractivity contribution in [3.8, 4) is 11.1 Å². The number of aromatic nitrogens is 2. The molecule has 1 saturated carbocycles. The molecule has 2 aromatic heterocycles. The molecule has 0 spiro atoms. The average molecular weight is 647 g/mol. The van der Waals surface area contributed by atoms with Crippen LogP contribution in [-0.2, 0) is 10.0 Å². The number of sulfonamides is 1. The van der Waals surface area contributed by atoms with Crippen LogP contribution >= 0.6 is 0 Å². The highest BCUT2D eigenvalue weighted by Crippen LogP contribution is 2.36. The molecule has 4 aromatic rings. The van der Waals surface area contributed by atoms with Crippen LogP contribution in [0.3, 0.4) is 0 Å². The van der Waals surface area contributed by atoms with Crippen molar-refractivity contribution in [3.63, 3.8) is 0 Å². The number of benzene rings is 2. The minimum atomic E-state index is -3.63. The molecule has 0 unspecified atom stereocenters. The minimum Gasteiger partial charge on any atom is -0.351 e. The lowest BCUT2D eigenvalue weighted by molar-refractivity contribution is -0.245. The number of rotatable bonds is 12. The van der Waals surface area contributed by atoms with E-state index in [4.69, 9.17) is 5.84 Å². The Kier molecular flexibility index (Phi) is 9.34. The smallest absolute Gasteiger partial charge is 0.240 e. The topological polar surface area (TPSA) is 152 Å². The normalized spacial score (nSPS) is 16.7. The van der Waals surface area contributed by atoms with Crippen molar-refractivity contribution in [2.75, 3.05) is 32.7 Å². The third kappa shape index (κ3) is 7.21. The van der Waals surface area contributed by atoms with Gasteiger partial charge in [0.1, 0.15) is 5.82 Å². The molecule has 242 valence electrons. The number of hydrazine groups is 1. The van der Waals surface area contributed by atoms with Gasteiger partial charge >= 0.3 is 0 Å². The Labute approximate surface area is 268 Å². The van der Waals surface area contributed by atoms with Crippen LogP contribution in [0.4, 0.5) is 4.39 Å². The number of nitrogens with zero attached hydrogens (tertiary/aromatic N) is 3. The predicted molar refractivity (Wildman–Crippen MR) is 176 cm³/mol. The van der Waals surface area contributed by atoms with Crippen molar-refractivity contribution in [2.45, 2.75) is 37.5 Å². The summed E-state index contributed by atoms with van der Waals surface area (Å²) < 4.78 is 42.7. The number of hydrogen-bond donors (Lipinski definition) is 4. The van der Waals surface area contributed by atoms with Crippen molar-refractivity contribution < 1.29 is 23.3 Å². The van der Waals surface area contributed by atoms with Crippen LogP contribution in [0.2, 0.25) is 0 Å². The monoisotopic (exact) mass is 646 g/mol. The number of piperidine rings is 1. The van der Waals surface area contributed by atoms with Crippen LogP contribution in [0.15, 0.2) is 71.9 Å². The Morgan fingerprint density at radius 2 is 1.89 bits per heavy atom. The molecule has 12 heteroatoms. The molecule has 3 heterocycles. The summed E-state index contributed by atoms with van der Waals surface area (Å²) in [5, 5.41) is 2.24. The van der Waals surface area contributed by atoms with E-state index in [-0.39, 0.29) is 22.4 Å². The first kappa shape index (κ1) is 32.0. The zero-order chi connectivity index (χ0) is 32.4. The number of aryl methyl sites for hydroxylation is 1. The van der Waals surface area contributed by atoms with Gasteiger partial charge in [0.15, 0.2) is 11.5 Å². The summed E-state index contributed by atoms with van der Waals surface area (Å²) in [6, 6.07) is 15.2. The van der Waals surface area contributed by atoms with Crippen molar-refractivity contribution in [1.29, 1.82) is 0 Å². The molecule has 2 aromatic carbocycles. The summed E-state index contributed by atoms with van der Waals surface area (Å²) in [7, 11) is -3.63. The molecule has 10 nitrogen and oxygen atoms in total. The SMILES string of the molecule is Cc1ncccc1-c1ccc(S(=O)(=O)NCCN2CCC(CN(N)/C=C(\[NH3+])c3c(C(=O)C4CC4)[nH]c4ccc(F)cc34)CC2)cc1. The molecule has 0 atom stereocenters. The number of fused-ring (bicyclic) bond motifs is 1. The Morgan fingerprint density at radius 1 is 1.15 bits per heavy atom. The van der Waals surface area contributed by atoms with Crippen LogP contribution in [0, 0.1) is 24.6 Å². The predicted octanol–water partition coefficient (Wildman–Crippen LogP) is 3.68. The fraction of sp³-hybridized carbons (Fsp3) is 0.353. The summed E-state index contributed by atoms with van der Waals surface area (Å²) in [4.78, 5) is 23.0. The summed E-state index contributed by atoms with van der Waals surface area (Å²) in [6.07, 6.45) is 7.04. The molecule has 1 aliphatic carbocycles. The number of pyridine rings is 1. The van der Waals surface area contributed by atoms with Gasteiger partial charge in [0.2, 0.25) is 10.0 Å². The highest BCUT2D eigenvalue weighted by molar-refractivity contribution is 7.89. The van der Waals surface area contributed by atoms with E-state index in [1.807, 2.05) is 31.2 Å². The number of carbonyl (C=O) groups is 1. The lowest BCUT2D eigenvalue weighted by Crippen LogP contribution is -2.48. The van der Waals surface area contributed by atoms with Crippen LogP contribution < -0.4 is 16.3 Å². The van der Waals surface area contributed by atoms with Gasteiger partial charge in [-0.3, -0.25) is 9.78 Å². The number of nitrogens with two attached hydrogens (primary N) is 1. The quantitative estimate of drug-likeness (QED) is 0.104. The van der Waals surface area contributed by atoms with Crippen molar-refractivity contribution in [3.05, 3.63) is 89.8 Å². The van der Waals surface area contributed by atoms with E-state index in [2.05, 4.69) is 25.3 Å². The number of carbonyl (C=O) groups excluding carboxylic acids is 1. The Bertz CT molecular complexity index is 1860. The summed E-state index contributed by atoms with van der Waals surface area (Å²) in [6.45, 7) is 5.14. The van der Waals surface area contributed by atoms with Gasteiger partial charge in [-0.15, -0.1) is 0 Å². The average Bonchev–Trinajstić information content (AvgIpc) is 3.82. The van der Waals surface area contributed by atoms with Gasteiger partial charge in [-0.05, 0) is 93.6 Å². The zero-order valence-electron chi connectivity index (χ0n) is 26.0. The fourth-order valence-electron chi connectivity index (χ4n) is 6.26. The number of aromatic amines is 1. The highest BCUT2D eigenvalue weighted by Gasteiger charge is 2.34. The number of ketones is 1. The van der Waals surface area contributed by atoms with Gasteiger partial charge in [-0.2, -0.15) is 0 Å². The van der Waals surface area contributed by atoms with E-state index < -0.39 is 10.0 Å². The summed E-state index contributed by atoms with van der Waals surface area (Å²) in [5.41, 5.74) is 9.33.